The van der Waals surface area contributed by atoms with Gasteiger partial charge >= 0.3 is 11.9 Å². The summed E-state index contributed by atoms with van der Waals surface area (Å²) < 4.78 is 0. The first-order chi connectivity index (χ1) is 23.2. The third-order valence-electron chi connectivity index (χ3n) is 7.68. The number of hydrogen-bond donors (Lipinski definition) is 4. The van der Waals surface area contributed by atoms with Crippen molar-refractivity contribution < 1.29 is 29.4 Å². The Morgan fingerprint density at radius 3 is 0.875 bits per heavy atom. The van der Waals surface area contributed by atoms with Gasteiger partial charge in [0.25, 0.3) is 0 Å². The molecule has 0 unspecified atom stereocenters. The molecule has 0 rings (SSSR count). The summed E-state index contributed by atoms with van der Waals surface area (Å²) in [7, 11) is 0. The fraction of sp³-hybridized carbons (Fsp3) is 0.800. The Morgan fingerprint density at radius 1 is 0.396 bits per heavy atom. The fourth-order valence-corrected chi connectivity index (χ4v) is 4.80. The number of nitrogens with two attached hydrogens (primary N) is 2. The minimum Gasteiger partial charge on any atom is -0.481 e. The Kier molecular flexibility index (Phi) is 45.3. The van der Waals surface area contributed by atoms with Crippen LogP contribution in [0.15, 0.2) is 0 Å². The van der Waals surface area contributed by atoms with E-state index in [1.165, 1.54) is 128 Å². The van der Waals surface area contributed by atoms with Crippen molar-refractivity contribution in [2.24, 2.45) is 11.5 Å². The highest BCUT2D eigenvalue weighted by Gasteiger charge is 1.97. The lowest BCUT2D eigenvalue weighted by molar-refractivity contribution is -0.138. The van der Waals surface area contributed by atoms with E-state index in [9.17, 15) is 19.2 Å². The lowest BCUT2D eigenvalue weighted by Crippen LogP contribution is -2.09. The summed E-state index contributed by atoms with van der Waals surface area (Å²) in [4.78, 5) is 41.2. The molecule has 278 valence electrons. The largest absolute Gasteiger partial charge is 0.481 e. The SMILES string of the molecule is CCCCCCCCCCCCCC(N)=O.CCCCCCCCCCCCCC(N)=O.O=C(O)CCCC#CC#CCCCC(=O)O. The van der Waals surface area contributed by atoms with E-state index in [0.29, 0.717) is 38.5 Å². The van der Waals surface area contributed by atoms with Crippen molar-refractivity contribution in [2.75, 3.05) is 0 Å². The van der Waals surface area contributed by atoms with Crippen LogP contribution in [0.3, 0.4) is 0 Å². The van der Waals surface area contributed by atoms with E-state index in [4.69, 9.17) is 21.7 Å². The predicted octanol–water partition coefficient (Wildman–Crippen LogP) is 9.85. The molecule has 0 atom stereocenters. The molecule has 0 saturated heterocycles. The summed E-state index contributed by atoms with van der Waals surface area (Å²) in [5.74, 6) is 8.72. The normalized spacial score (nSPS) is 9.79. The average molecular weight is 677 g/mol. The van der Waals surface area contributed by atoms with Gasteiger partial charge in [-0.05, 0) is 37.5 Å². The zero-order valence-corrected chi connectivity index (χ0v) is 30.9. The molecule has 0 aromatic heterocycles. The van der Waals surface area contributed by atoms with Gasteiger partial charge in [0, 0.05) is 38.5 Å². The summed E-state index contributed by atoms with van der Waals surface area (Å²) in [6.07, 6.45) is 32.4. The lowest BCUT2D eigenvalue weighted by Gasteiger charge is -2.01. The standard InChI is InChI=1S/2C14H29NO.C12H14O4/c2*1-2-3-4-5-6-7-8-9-10-11-12-13-14(15)16;13-11(14)9-7-5-3-1-2-4-6-8-10-12(15)16/h2*2-13H2,1H3,(H2,15,16);5-10H2,(H,13,14)(H,15,16). The number of hydrogen-bond acceptors (Lipinski definition) is 4. The second-order valence-corrected chi connectivity index (χ2v) is 12.6. The van der Waals surface area contributed by atoms with Gasteiger partial charge in [0.2, 0.25) is 11.8 Å². The van der Waals surface area contributed by atoms with Crippen LogP contribution in [0.2, 0.25) is 0 Å². The highest BCUT2D eigenvalue weighted by molar-refractivity contribution is 5.73. The molecule has 0 radical (unpaired) electrons. The topological polar surface area (TPSA) is 161 Å². The third kappa shape index (κ3) is 58.5. The summed E-state index contributed by atoms with van der Waals surface area (Å²) in [5, 5.41) is 16.7. The molecule has 0 spiro atoms. The van der Waals surface area contributed by atoms with Gasteiger partial charge in [0.1, 0.15) is 0 Å². The highest BCUT2D eigenvalue weighted by atomic mass is 16.4. The molecule has 0 aromatic carbocycles. The molecular formula is C40H72N2O6. The number of primary amides is 2. The fourth-order valence-electron chi connectivity index (χ4n) is 4.80. The molecule has 8 heteroatoms. The van der Waals surface area contributed by atoms with Gasteiger partial charge < -0.3 is 21.7 Å². The van der Waals surface area contributed by atoms with Gasteiger partial charge in [-0.3, -0.25) is 19.2 Å². The maximum absolute atomic E-state index is 10.5. The maximum Gasteiger partial charge on any atom is 0.303 e. The molecule has 0 saturated carbocycles. The summed E-state index contributed by atoms with van der Waals surface area (Å²) in [5.41, 5.74) is 10.1. The minimum absolute atomic E-state index is 0.126. The van der Waals surface area contributed by atoms with Crippen molar-refractivity contribution in [3.8, 4) is 23.7 Å². The Hall–Kier alpha value is -3.00. The molecular weight excluding hydrogens is 604 g/mol. The summed E-state index contributed by atoms with van der Waals surface area (Å²) in [6.45, 7) is 4.51. The zero-order valence-electron chi connectivity index (χ0n) is 30.9. The van der Waals surface area contributed by atoms with E-state index in [-0.39, 0.29) is 24.7 Å². The number of carboxylic acids is 2. The molecule has 0 heterocycles. The Labute approximate surface area is 294 Å². The van der Waals surface area contributed by atoms with Crippen LogP contribution in [0.4, 0.5) is 0 Å². The average Bonchev–Trinajstić information content (AvgIpc) is 3.03. The smallest absolute Gasteiger partial charge is 0.303 e. The quantitative estimate of drug-likeness (QED) is 0.0437. The molecule has 0 aliphatic heterocycles. The van der Waals surface area contributed by atoms with Crippen molar-refractivity contribution in [3.05, 3.63) is 0 Å². The van der Waals surface area contributed by atoms with Crippen LogP contribution in [0.1, 0.15) is 206 Å². The van der Waals surface area contributed by atoms with Gasteiger partial charge in [-0.2, -0.15) is 0 Å². The highest BCUT2D eigenvalue weighted by Crippen LogP contribution is 2.13. The van der Waals surface area contributed by atoms with Crippen LogP contribution < -0.4 is 11.5 Å². The van der Waals surface area contributed by atoms with Crippen LogP contribution in [0.5, 0.6) is 0 Å². The second-order valence-electron chi connectivity index (χ2n) is 12.6. The van der Waals surface area contributed by atoms with Gasteiger partial charge in [0.05, 0.1) is 0 Å². The Balaban J connectivity index is -0.000000633. The van der Waals surface area contributed by atoms with Crippen LogP contribution in [0.25, 0.3) is 0 Å². The van der Waals surface area contributed by atoms with E-state index in [1.54, 1.807) is 0 Å². The van der Waals surface area contributed by atoms with Crippen LogP contribution in [-0.2, 0) is 19.2 Å². The first-order valence-corrected chi connectivity index (χ1v) is 19.1. The maximum atomic E-state index is 10.5. The molecule has 0 aromatic rings. The van der Waals surface area contributed by atoms with Crippen molar-refractivity contribution >= 4 is 23.8 Å². The Morgan fingerprint density at radius 2 is 0.646 bits per heavy atom. The van der Waals surface area contributed by atoms with E-state index in [0.717, 1.165) is 12.8 Å². The van der Waals surface area contributed by atoms with E-state index in [2.05, 4.69) is 37.5 Å². The monoisotopic (exact) mass is 677 g/mol. The number of carbonyl (C=O) groups excluding carboxylic acids is 2. The van der Waals surface area contributed by atoms with Gasteiger partial charge in [-0.15, -0.1) is 0 Å². The molecule has 0 aliphatic rings. The number of carboxylic acid groups (broad SMARTS) is 2. The summed E-state index contributed by atoms with van der Waals surface area (Å²) >= 11 is 0. The number of amides is 2. The molecule has 0 fully saturated rings. The van der Waals surface area contributed by atoms with Gasteiger partial charge in [-0.1, -0.05) is 154 Å². The minimum atomic E-state index is -0.818. The van der Waals surface area contributed by atoms with Crippen LogP contribution in [-0.4, -0.2) is 34.0 Å². The van der Waals surface area contributed by atoms with E-state index >= 15 is 0 Å². The second kappa shape index (κ2) is 44.0. The zero-order chi connectivity index (χ0) is 36.4. The van der Waals surface area contributed by atoms with Crippen LogP contribution >= 0.6 is 0 Å². The number of aliphatic carboxylic acids is 2. The molecule has 6 N–H and O–H groups in total. The molecule has 48 heavy (non-hydrogen) atoms. The van der Waals surface area contributed by atoms with Crippen molar-refractivity contribution in [1.29, 1.82) is 0 Å². The van der Waals surface area contributed by atoms with Crippen molar-refractivity contribution in [1.82, 2.24) is 0 Å². The van der Waals surface area contributed by atoms with Crippen molar-refractivity contribution in [3.63, 3.8) is 0 Å². The number of rotatable bonds is 30. The van der Waals surface area contributed by atoms with E-state index in [1.807, 2.05) is 0 Å². The van der Waals surface area contributed by atoms with Crippen molar-refractivity contribution in [2.45, 2.75) is 206 Å². The van der Waals surface area contributed by atoms with Crippen LogP contribution in [0, 0.1) is 23.7 Å². The summed E-state index contributed by atoms with van der Waals surface area (Å²) in [6, 6.07) is 0. The van der Waals surface area contributed by atoms with E-state index < -0.39 is 11.9 Å². The number of carbonyl (C=O) groups is 4. The lowest BCUT2D eigenvalue weighted by atomic mass is 10.1. The molecule has 0 aliphatic carbocycles. The third-order valence-corrected chi connectivity index (χ3v) is 7.68. The molecule has 2 amide bonds. The first-order valence-electron chi connectivity index (χ1n) is 19.1. The first kappa shape index (κ1) is 49.4. The molecule has 8 nitrogen and oxygen atoms in total. The number of unbranched alkanes of at least 4 members (excludes halogenated alkanes) is 22. The van der Waals surface area contributed by atoms with Gasteiger partial charge in [-0.25, -0.2) is 0 Å². The predicted molar refractivity (Wildman–Crippen MR) is 199 cm³/mol. The molecule has 0 bridgehead atoms. The van der Waals surface area contributed by atoms with Gasteiger partial charge in [0.15, 0.2) is 0 Å². The Bertz CT molecular complexity index is 810.